The molecule has 0 spiro atoms. The van der Waals surface area contributed by atoms with E-state index in [2.05, 4.69) is 10.00 Å². The first-order chi connectivity index (χ1) is 13.3. The van der Waals surface area contributed by atoms with Crippen molar-refractivity contribution in [1.82, 2.24) is 19.0 Å². The molecule has 2 aromatic rings. The summed E-state index contributed by atoms with van der Waals surface area (Å²) < 4.78 is 29.2. The Morgan fingerprint density at radius 3 is 2.43 bits per heavy atom. The van der Waals surface area contributed by atoms with Gasteiger partial charge in [-0.2, -0.15) is 9.40 Å². The number of halogens is 1. The summed E-state index contributed by atoms with van der Waals surface area (Å²) in [7, 11) is -2.24. The minimum atomic E-state index is -3.86. The van der Waals surface area contributed by atoms with E-state index in [1.54, 1.807) is 11.9 Å². The second kappa shape index (κ2) is 7.06. The minimum absolute atomic E-state index is 0.139. The number of carbonyl (C=O) groups excluding carboxylic acids is 1. The van der Waals surface area contributed by atoms with Gasteiger partial charge in [0.25, 0.3) is 15.9 Å². The van der Waals surface area contributed by atoms with Crippen molar-refractivity contribution in [2.75, 3.05) is 37.6 Å². The number of aryl methyl sites for hydroxylation is 1. The average molecular weight is 424 g/mol. The first-order valence-electron chi connectivity index (χ1n) is 9.13. The predicted molar refractivity (Wildman–Crippen MR) is 106 cm³/mol. The number of hydrogen-bond donors (Lipinski definition) is 0. The van der Waals surface area contributed by atoms with Gasteiger partial charge in [0, 0.05) is 52.0 Å². The maximum atomic E-state index is 13.2. The van der Waals surface area contributed by atoms with Gasteiger partial charge in [0.1, 0.15) is 0 Å². The van der Waals surface area contributed by atoms with Crippen LogP contribution in [-0.4, -0.2) is 72.1 Å². The third kappa shape index (κ3) is 3.38. The van der Waals surface area contributed by atoms with Crippen LogP contribution in [-0.2, 0) is 17.1 Å². The molecular weight excluding hydrogens is 402 g/mol. The molecule has 2 aliphatic rings. The molecule has 0 radical (unpaired) electrons. The highest BCUT2D eigenvalue weighted by atomic mass is 35.5. The van der Waals surface area contributed by atoms with E-state index in [1.807, 2.05) is 31.2 Å². The number of para-hydroxylation sites is 1. The molecular formula is C18H22ClN5O3S. The molecule has 1 aromatic heterocycles. The van der Waals surface area contributed by atoms with Crippen LogP contribution in [0.5, 0.6) is 0 Å². The SMILES string of the molecule is C[C@H]1CN1C(=O)c1cn(C)nc1S(=O)(=O)N1CCN(c2ccccc2Cl)CC1. The first-order valence-corrected chi connectivity index (χ1v) is 10.9. The Kier molecular flexibility index (Phi) is 4.84. The van der Waals surface area contributed by atoms with E-state index in [4.69, 9.17) is 11.6 Å². The van der Waals surface area contributed by atoms with E-state index < -0.39 is 10.0 Å². The van der Waals surface area contributed by atoms with Crippen molar-refractivity contribution in [3.8, 4) is 0 Å². The molecule has 1 aromatic carbocycles. The lowest BCUT2D eigenvalue weighted by Crippen LogP contribution is -2.49. The molecule has 10 heteroatoms. The zero-order valence-corrected chi connectivity index (χ0v) is 17.3. The van der Waals surface area contributed by atoms with E-state index >= 15 is 0 Å². The van der Waals surface area contributed by atoms with Crippen molar-refractivity contribution in [3.05, 3.63) is 41.0 Å². The standard InChI is InChI=1S/C18H22ClN5O3S/c1-13-11-24(13)18(25)14-12-21(2)20-17(14)28(26,27)23-9-7-22(8-10-23)16-6-4-3-5-15(16)19/h3-6,12-13H,7-11H2,1-2H3/t13-,24?/m0/s1. The van der Waals surface area contributed by atoms with Crippen molar-refractivity contribution < 1.29 is 13.2 Å². The number of sulfonamides is 1. The average Bonchev–Trinajstić information content (AvgIpc) is 3.27. The van der Waals surface area contributed by atoms with Crippen LogP contribution in [0.15, 0.2) is 35.5 Å². The Morgan fingerprint density at radius 2 is 1.82 bits per heavy atom. The summed E-state index contributed by atoms with van der Waals surface area (Å²) in [5.41, 5.74) is 1.03. The van der Waals surface area contributed by atoms with E-state index in [-0.39, 0.29) is 22.5 Å². The number of aromatic nitrogens is 2. The van der Waals surface area contributed by atoms with Crippen LogP contribution >= 0.6 is 11.6 Å². The molecule has 0 aliphatic carbocycles. The fourth-order valence-corrected chi connectivity index (χ4v) is 5.27. The zero-order valence-electron chi connectivity index (χ0n) is 15.7. The highest BCUT2D eigenvalue weighted by Gasteiger charge is 2.40. The van der Waals surface area contributed by atoms with Gasteiger partial charge < -0.3 is 9.80 Å². The summed E-state index contributed by atoms with van der Waals surface area (Å²) in [4.78, 5) is 16.3. The first kappa shape index (κ1) is 19.2. The number of amides is 1. The summed E-state index contributed by atoms with van der Waals surface area (Å²) in [6.07, 6.45) is 1.49. The van der Waals surface area contributed by atoms with Gasteiger partial charge in [-0.3, -0.25) is 9.48 Å². The van der Waals surface area contributed by atoms with Crippen molar-refractivity contribution >= 4 is 33.2 Å². The molecule has 4 rings (SSSR count). The number of carbonyl (C=O) groups is 1. The molecule has 150 valence electrons. The van der Waals surface area contributed by atoms with Gasteiger partial charge in [0.2, 0.25) is 5.03 Å². The van der Waals surface area contributed by atoms with Crippen LogP contribution in [0.2, 0.25) is 5.02 Å². The van der Waals surface area contributed by atoms with Crippen LogP contribution in [0.1, 0.15) is 17.3 Å². The third-order valence-electron chi connectivity index (χ3n) is 5.16. The van der Waals surface area contributed by atoms with Crippen LogP contribution in [0.3, 0.4) is 0 Å². The van der Waals surface area contributed by atoms with Crippen LogP contribution < -0.4 is 4.90 Å². The summed E-state index contributed by atoms with van der Waals surface area (Å²) in [5, 5.41) is 4.59. The van der Waals surface area contributed by atoms with Crippen LogP contribution in [0.4, 0.5) is 5.69 Å². The molecule has 2 aliphatic heterocycles. The fourth-order valence-electron chi connectivity index (χ4n) is 3.48. The highest BCUT2D eigenvalue weighted by Crippen LogP contribution is 2.29. The normalized spacial score (nSPS) is 20.5. The lowest BCUT2D eigenvalue weighted by Gasteiger charge is -2.35. The zero-order chi connectivity index (χ0) is 20.1. The van der Waals surface area contributed by atoms with Gasteiger partial charge in [-0.25, -0.2) is 8.42 Å². The molecule has 28 heavy (non-hydrogen) atoms. The maximum absolute atomic E-state index is 13.2. The Balaban J connectivity index is 1.54. The van der Waals surface area contributed by atoms with Crippen molar-refractivity contribution in [2.45, 2.75) is 18.0 Å². The summed E-state index contributed by atoms with van der Waals surface area (Å²) in [6.45, 7) is 4.21. The number of rotatable bonds is 4. The predicted octanol–water partition coefficient (Wildman–Crippen LogP) is 1.43. The van der Waals surface area contributed by atoms with Crippen molar-refractivity contribution in [1.29, 1.82) is 0 Å². The number of nitrogens with zero attached hydrogens (tertiary/aromatic N) is 5. The van der Waals surface area contributed by atoms with E-state index in [0.717, 1.165) is 5.69 Å². The molecule has 1 amide bonds. The molecule has 0 unspecified atom stereocenters. The molecule has 2 fully saturated rings. The third-order valence-corrected chi connectivity index (χ3v) is 7.32. The number of hydrogen-bond acceptors (Lipinski definition) is 5. The van der Waals surface area contributed by atoms with Crippen molar-refractivity contribution in [3.63, 3.8) is 0 Å². The summed E-state index contributed by atoms with van der Waals surface area (Å²) >= 11 is 6.26. The van der Waals surface area contributed by atoms with Gasteiger partial charge in [-0.15, -0.1) is 0 Å². The highest BCUT2D eigenvalue weighted by molar-refractivity contribution is 7.89. The van der Waals surface area contributed by atoms with E-state index in [0.29, 0.717) is 37.7 Å². The molecule has 0 saturated carbocycles. The molecule has 0 N–H and O–H groups in total. The van der Waals surface area contributed by atoms with Gasteiger partial charge in [0.15, 0.2) is 0 Å². The smallest absolute Gasteiger partial charge is 0.263 e. The Labute approximate surface area is 169 Å². The van der Waals surface area contributed by atoms with Gasteiger partial charge in [0.05, 0.1) is 16.3 Å². The lowest BCUT2D eigenvalue weighted by atomic mass is 10.2. The Hall–Kier alpha value is -2.10. The molecule has 2 saturated heterocycles. The quantitative estimate of drug-likeness (QED) is 0.695. The monoisotopic (exact) mass is 423 g/mol. The van der Waals surface area contributed by atoms with Crippen molar-refractivity contribution in [2.24, 2.45) is 7.05 Å². The van der Waals surface area contributed by atoms with Gasteiger partial charge >= 0.3 is 0 Å². The number of benzene rings is 1. The Bertz CT molecular complexity index is 1010. The molecule has 0 bridgehead atoms. The van der Waals surface area contributed by atoms with E-state index in [1.165, 1.54) is 15.2 Å². The topological polar surface area (TPSA) is 78.5 Å². The second-order valence-electron chi connectivity index (χ2n) is 7.17. The number of piperazine rings is 1. The summed E-state index contributed by atoms with van der Waals surface area (Å²) in [5.74, 6) is -0.283. The second-order valence-corrected chi connectivity index (χ2v) is 9.43. The minimum Gasteiger partial charge on any atom is -0.368 e. The van der Waals surface area contributed by atoms with Crippen LogP contribution in [0, 0.1) is 0 Å². The van der Waals surface area contributed by atoms with Crippen LogP contribution in [0.25, 0.3) is 0 Å². The van der Waals surface area contributed by atoms with Gasteiger partial charge in [-0.05, 0) is 19.1 Å². The number of anilines is 1. The largest absolute Gasteiger partial charge is 0.368 e. The maximum Gasteiger partial charge on any atom is 0.263 e. The lowest BCUT2D eigenvalue weighted by molar-refractivity contribution is 0.0872. The fraction of sp³-hybridized carbons (Fsp3) is 0.444. The molecule has 1 atom stereocenters. The molecule has 8 nitrogen and oxygen atoms in total. The Morgan fingerprint density at radius 1 is 1.18 bits per heavy atom. The molecule has 3 heterocycles. The summed E-state index contributed by atoms with van der Waals surface area (Å²) in [6, 6.07) is 7.66. The van der Waals surface area contributed by atoms with E-state index in [9.17, 15) is 13.2 Å². The van der Waals surface area contributed by atoms with Gasteiger partial charge in [-0.1, -0.05) is 23.7 Å².